The molecule has 2 aromatic rings. The van der Waals surface area contributed by atoms with Crippen molar-refractivity contribution in [2.75, 3.05) is 26.9 Å². The van der Waals surface area contributed by atoms with E-state index in [0.717, 1.165) is 59.5 Å². The molecule has 2 atom stereocenters. The van der Waals surface area contributed by atoms with Gasteiger partial charge in [0.15, 0.2) is 23.0 Å². The zero-order valence-corrected chi connectivity index (χ0v) is 21.1. The topological polar surface area (TPSA) is 49.3 Å². The van der Waals surface area contributed by atoms with E-state index >= 15 is 0 Å². The van der Waals surface area contributed by atoms with E-state index in [1.54, 1.807) is 7.11 Å². The predicted octanol–water partition coefficient (Wildman–Crippen LogP) is 6.55. The van der Waals surface area contributed by atoms with Gasteiger partial charge in [0.2, 0.25) is 0 Å². The summed E-state index contributed by atoms with van der Waals surface area (Å²) in [7, 11) is 1.71. The van der Waals surface area contributed by atoms with Crippen LogP contribution in [0.2, 0.25) is 0 Å². The fraction of sp³-hybridized carbons (Fsp3) is 0.567. The lowest BCUT2D eigenvalue weighted by Crippen LogP contribution is -2.29. The third-order valence-corrected chi connectivity index (χ3v) is 7.87. The number of hydrogen-bond donors (Lipinski definition) is 0. The Hall–Kier alpha value is -2.69. The molecule has 186 valence electrons. The Labute approximate surface area is 208 Å². The lowest BCUT2D eigenvalue weighted by Gasteiger charge is -2.36. The second-order valence-corrected chi connectivity index (χ2v) is 10.6. The van der Waals surface area contributed by atoms with Crippen LogP contribution in [-0.4, -0.2) is 38.7 Å². The van der Waals surface area contributed by atoms with E-state index in [9.17, 15) is 0 Å². The van der Waals surface area contributed by atoms with Crippen LogP contribution in [0.3, 0.4) is 0 Å². The monoisotopic (exact) mass is 475 g/mol. The average molecular weight is 476 g/mol. The van der Waals surface area contributed by atoms with Crippen molar-refractivity contribution in [3.63, 3.8) is 0 Å². The number of hydrogen-bond acceptors (Lipinski definition) is 5. The highest BCUT2D eigenvalue weighted by Crippen LogP contribution is 2.45. The number of methoxy groups -OCH3 is 1. The first kappa shape index (κ1) is 22.8. The van der Waals surface area contributed by atoms with Crippen molar-refractivity contribution >= 4 is 5.71 Å². The quantitative estimate of drug-likeness (QED) is 0.391. The maximum atomic E-state index is 6.31. The van der Waals surface area contributed by atoms with Gasteiger partial charge in [-0.3, -0.25) is 4.99 Å². The molecule has 0 unspecified atom stereocenters. The Balaban J connectivity index is 1.39. The van der Waals surface area contributed by atoms with Gasteiger partial charge in [-0.05, 0) is 93.2 Å². The zero-order chi connectivity index (χ0) is 23.8. The summed E-state index contributed by atoms with van der Waals surface area (Å²) >= 11 is 0. The summed E-state index contributed by atoms with van der Waals surface area (Å²) < 4.78 is 24.2. The van der Waals surface area contributed by atoms with Crippen molar-refractivity contribution < 1.29 is 18.9 Å². The second-order valence-electron chi connectivity index (χ2n) is 10.6. The largest absolute Gasteiger partial charge is 0.493 e. The van der Waals surface area contributed by atoms with Crippen LogP contribution in [0, 0.1) is 11.8 Å². The Kier molecular flexibility index (Phi) is 6.34. The molecular weight excluding hydrogens is 438 g/mol. The molecule has 0 amide bonds. The normalized spacial score (nSPS) is 23.1. The number of rotatable bonds is 10. The van der Waals surface area contributed by atoms with Crippen LogP contribution in [0.5, 0.6) is 23.0 Å². The van der Waals surface area contributed by atoms with Crippen LogP contribution in [0.1, 0.15) is 80.9 Å². The van der Waals surface area contributed by atoms with Gasteiger partial charge in [0.1, 0.15) is 0 Å². The minimum atomic E-state index is 0.316. The van der Waals surface area contributed by atoms with Crippen LogP contribution in [-0.2, 0) is 0 Å². The van der Waals surface area contributed by atoms with Crippen molar-refractivity contribution in [3.05, 3.63) is 47.0 Å². The minimum Gasteiger partial charge on any atom is -0.493 e. The Morgan fingerprint density at radius 3 is 2.20 bits per heavy atom. The minimum absolute atomic E-state index is 0.316. The third kappa shape index (κ3) is 4.87. The molecule has 0 saturated heterocycles. The molecule has 0 radical (unpaired) electrons. The van der Waals surface area contributed by atoms with E-state index < -0.39 is 0 Å². The summed E-state index contributed by atoms with van der Waals surface area (Å²) in [6, 6.07) is 11.1. The van der Waals surface area contributed by atoms with Gasteiger partial charge in [0.05, 0.1) is 38.7 Å². The number of nitrogens with zero attached hydrogens (tertiary/aromatic N) is 1. The molecule has 4 aliphatic rings. The Morgan fingerprint density at radius 1 is 0.771 bits per heavy atom. The smallest absolute Gasteiger partial charge is 0.161 e. The molecule has 6 rings (SSSR count). The van der Waals surface area contributed by atoms with Crippen LogP contribution >= 0.6 is 0 Å². The van der Waals surface area contributed by atoms with E-state index in [0.29, 0.717) is 30.4 Å². The van der Waals surface area contributed by atoms with Crippen molar-refractivity contribution in [2.45, 2.75) is 70.3 Å². The maximum absolute atomic E-state index is 6.31. The number of fused-ring (bicyclic) bond motifs is 3. The molecule has 0 bridgehead atoms. The summed E-state index contributed by atoms with van der Waals surface area (Å²) in [5.74, 6) is 5.14. The van der Waals surface area contributed by atoms with Crippen molar-refractivity contribution in [2.24, 2.45) is 16.8 Å². The number of ether oxygens (including phenoxy) is 4. The molecular formula is C30H37NO4. The predicted molar refractivity (Wildman–Crippen MR) is 138 cm³/mol. The van der Waals surface area contributed by atoms with E-state index in [2.05, 4.69) is 30.3 Å². The molecule has 0 N–H and O–H groups in total. The van der Waals surface area contributed by atoms with Crippen LogP contribution in [0.15, 0.2) is 35.3 Å². The van der Waals surface area contributed by atoms with E-state index in [1.165, 1.54) is 50.5 Å². The molecule has 0 aromatic heterocycles. The molecule has 0 spiro atoms. The molecule has 5 heteroatoms. The lowest BCUT2D eigenvalue weighted by molar-refractivity contribution is 0.253. The SMILES string of the molecule is CCOc1cc2c(cc1OC)C(c1ccc(OCC3CC3)c(OCC3CC3)c1)=N[C@@H]1CCCC[C@H]21. The Morgan fingerprint density at radius 2 is 1.49 bits per heavy atom. The summed E-state index contributed by atoms with van der Waals surface area (Å²) in [5, 5.41) is 0. The van der Waals surface area contributed by atoms with Crippen molar-refractivity contribution in [1.82, 2.24) is 0 Å². The first-order valence-electron chi connectivity index (χ1n) is 13.6. The van der Waals surface area contributed by atoms with Crippen LogP contribution in [0.25, 0.3) is 0 Å². The molecule has 3 fully saturated rings. The van der Waals surface area contributed by atoms with E-state index in [4.69, 9.17) is 23.9 Å². The van der Waals surface area contributed by atoms with Gasteiger partial charge >= 0.3 is 0 Å². The standard InChI is InChI=1S/C30H37NO4/c1-3-33-29-15-23-22-6-4-5-7-25(22)31-30(24(23)16-27(29)32-2)21-12-13-26(34-17-19-8-9-19)28(14-21)35-18-20-10-11-20/h12-16,19-20,22,25H,3-11,17-18H2,1-2H3/t22-,25-/m1/s1. The molecule has 2 aromatic carbocycles. The van der Waals surface area contributed by atoms with Gasteiger partial charge in [-0.25, -0.2) is 0 Å². The van der Waals surface area contributed by atoms with Gasteiger partial charge in [-0.2, -0.15) is 0 Å². The molecule has 1 heterocycles. The zero-order valence-electron chi connectivity index (χ0n) is 21.1. The summed E-state index contributed by atoms with van der Waals surface area (Å²) in [6.07, 6.45) is 9.90. The van der Waals surface area contributed by atoms with E-state index in [1.807, 2.05) is 6.92 Å². The summed E-state index contributed by atoms with van der Waals surface area (Å²) in [6.45, 7) is 4.19. The van der Waals surface area contributed by atoms with Crippen LogP contribution in [0.4, 0.5) is 0 Å². The second kappa shape index (κ2) is 9.75. The highest BCUT2D eigenvalue weighted by Gasteiger charge is 2.35. The van der Waals surface area contributed by atoms with Gasteiger partial charge in [0, 0.05) is 17.0 Å². The number of benzene rings is 2. The van der Waals surface area contributed by atoms with Crippen LogP contribution < -0.4 is 18.9 Å². The average Bonchev–Trinajstić information content (AvgIpc) is 3.81. The lowest BCUT2D eigenvalue weighted by atomic mass is 9.75. The van der Waals surface area contributed by atoms with Gasteiger partial charge < -0.3 is 18.9 Å². The molecule has 3 aliphatic carbocycles. The first-order chi connectivity index (χ1) is 17.2. The van der Waals surface area contributed by atoms with Gasteiger partial charge in [-0.1, -0.05) is 12.8 Å². The van der Waals surface area contributed by atoms with Crippen molar-refractivity contribution in [1.29, 1.82) is 0 Å². The summed E-state index contributed by atoms with van der Waals surface area (Å²) in [4.78, 5) is 5.35. The van der Waals surface area contributed by atoms with E-state index in [-0.39, 0.29) is 0 Å². The maximum Gasteiger partial charge on any atom is 0.161 e. The fourth-order valence-corrected chi connectivity index (χ4v) is 5.48. The highest BCUT2D eigenvalue weighted by molar-refractivity contribution is 6.15. The van der Waals surface area contributed by atoms with Gasteiger partial charge in [-0.15, -0.1) is 0 Å². The summed E-state index contributed by atoms with van der Waals surface area (Å²) in [5.41, 5.74) is 4.63. The Bertz CT molecular complexity index is 1100. The van der Waals surface area contributed by atoms with Gasteiger partial charge in [0.25, 0.3) is 0 Å². The first-order valence-corrected chi connectivity index (χ1v) is 13.6. The van der Waals surface area contributed by atoms with Crippen molar-refractivity contribution in [3.8, 4) is 23.0 Å². The third-order valence-electron chi connectivity index (χ3n) is 7.87. The molecule has 35 heavy (non-hydrogen) atoms. The molecule has 5 nitrogen and oxygen atoms in total. The highest BCUT2D eigenvalue weighted by atomic mass is 16.5. The number of aliphatic imine (C=N–C) groups is 1. The fourth-order valence-electron chi connectivity index (χ4n) is 5.48. The molecule has 3 saturated carbocycles. The molecule has 1 aliphatic heterocycles.